The van der Waals surface area contributed by atoms with E-state index in [4.69, 9.17) is 5.90 Å². The van der Waals surface area contributed by atoms with E-state index in [0.717, 1.165) is 11.1 Å². The third-order valence-corrected chi connectivity index (χ3v) is 6.91. The molecule has 3 rings (SSSR count). The molecule has 1 heterocycles. The highest BCUT2D eigenvalue weighted by Crippen LogP contribution is 2.22. The van der Waals surface area contributed by atoms with E-state index in [-0.39, 0.29) is 11.3 Å². The zero-order chi connectivity index (χ0) is 24.6. The van der Waals surface area contributed by atoms with Gasteiger partial charge in [0.15, 0.2) is 0 Å². The molecule has 2 aromatic carbocycles. The summed E-state index contributed by atoms with van der Waals surface area (Å²) in [6.07, 6.45) is 1.50. The van der Waals surface area contributed by atoms with E-state index in [2.05, 4.69) is 24.6 Å². The molecule has 12 heteroatoms. The summed E-state index contributed by atoms with van der Waals surface area (Å²) >= 11 is 1.37. The predicted molar refractivity (Wildman–Crippen MR) is 125 cm³/mol. The zero-order valence-corrected chi connectivity index (χ0v) is 19.8. The van der Waals surface area contributed by atoms with Crippen LogP contribution in [0.2, 0.25) is 0 Å². The Morgan fingerprint density at radius 3 is 2.29 bits per heavy atom. The van der Waals surface area contributed by atoms with E-state index in [1.165, 1.54) is 30.6 Å². The maximum absolute atomic E-state index is 13.2. The predicted octanol–water partition coefficient (Wildman–Crippen LogP) is 2.09. The molecule has 0 aliphatic carbocycles. The van der Waals surface area contributed by atoms with Crippen LogP contribution in [0.25, 0.3) is 0 Å². The minimum Gasteiger partial charge on any atom is -0.453 e. The number of carbonyl (C=O) groups is 2. The molecule has 0 aliphatic heterocycles. The van der Waals surface area contributed by atoms with Gasteiger partial charge in [-0.15, -0.1) is 11.3 Å². The first-order chi connectivity index (χ1) is 16.3. The second kappa shape index (κ2) is 11.7. The van der Waals surface area contributed by atoms with Gasteiger partial charge >= 0.3 is 16.2 Å². The summed E-state index contributed by atoms with van der Waals surface area (Å²) in [5.74, 6) is 4.41. The quantitative estimate of drug-likeness (QED) is 0.355. The van der Waals surface area contributed by atoms with E-state index in [9.17, 15) is 18.0 Å². The van der Waals surface area contributed by atoms with Gasteiger partial charge in [0.2, 0.25) is 5.91 Å². The molecule has 0 unspecified atom stereocenters. The molecule has 2 amide bonds. The molecule has 2 atom stereocenters. The smallest absolute Gasteiger partial charge is 0.407 e. The van der Waals surface area contributed by atoms with Crippen molar-refractivity contribution < 1.29 is 27.0 Å². The van der Waals surface area contributed by atoms with Crippen molar-refractivity contribution in [3.05, 3.63) is 82.3 Å². The summed E-state index contributed by atoms with van der Waals surface area (Å²) in [6.45, 7) is 0. The number of alkyl carbamates (subject to hydrolysis) is 1. The number of ether oxygens (including phenoxy) is 1. The topological polar surface area (TPSA) is 150 Å². The highest BCUT2D eigenvalue weighted by molar-refractivity contribution is 7.86. The number of hydrogen-bond donors (Lipinski definition) is 3. The number of nitrogens with zero attached hydrogens (tertiary/aromatic N) is 1. The first kappa shape index (κ1) is 25.3. The van der Waals surface area contributed by atoms with Gasteiger partial charge in [0.05, 0.1) is 18.0 Å². The molecule has 4 N–H and O–H groups in total. The average molecular weight is 505 g/mol. The number of aromatic nitrogens is 1. The number of benzene rings is 2. The monoisotopic (exact) mass is 504 g/mol. The highest BCUT2D eigenvalue weighted by atomic mass is 32.2. The van der Waals surface area contributed by atoms with Crippen LogP contribution in [0.4, 0.5) is 4.79 Å². The van der Waals surface area contributed by atoms with Crippen LogP contribution >= 0.6 is 11.3 Å². The van der Waals surface area contributed by atoms with Crippen molar-refractivity contribution in [2.45, 2.75) is 29.8 Å². The van der Waals surface area contributed by atoms with Crippen LogP contribution in [0.3, 0.4) is 0 Å². The van der Waals surface area contributed by atoms with Gasteiger partial charge in [-0.2, -0.15) is 18.6 Å². The van der Waals surface area contributed by atoms with Gasteiger partial charge < -0.3 is 15.4 Å². The Kier molecular flexibility index (Phi) is 8.71. The first-order valence-corrected chi connectivity index (χ1v) is 12.4. The van der Waals surface area contributed by atoms with Crippen LogP contribution in [0.15, 0.2) is 71.1 Å². The Morgan fingerprint density at radius 1 is 1.03 bits per heavy atom. The number of amides is 2. The van der Waals surface area contributed by atoms with Crippen molar-refractivity contribution in [1.29, 1.82) is 0 Å². The van der Waals surface area contributed by atoms with Crippen molar-refractivity contribution in [3.8, 4) is 0 Å². The number of rotatable bonds is 10. The molecule has 1 aromatic heterocycles. The van der Waals surface area contributed by atoms with Gasteiger partial charge in [-0.25, -0.2) is 9.78 Å². The Balaban J connectivity index is 1.80. The van der Waals surface area contributed by atoms with Gasteiger partial charge in [-0.3, -0.25) is 4.79 Å². The van der Waals surface area contributed by atoms with Gasteiger partial charge in [-0.1, -0.05) is 42.5 Å². The van der Waals surface area contributed by atoms with E-state index in [0.29, 0.717) is 11.4 Å². The van der Waals surface area contributed by atoms with Crippen LogP contribution in [0, 0.1) is 0 Å². The van der Waals surface area contributed by atoms with Crippen molar-refractivity contribution >= 4 is 33.5 Å². The molecular formula is C22H24N4O6S2. The van der Waals surface area contributed by atoms with Crippen molar-refractivity contribution in [2.24, 2.45) is 5.90 Å². The molecule has 180 valence electrons. The van der Waals surface area contributed by atoms with Crippen molar-refractivity contribution in [3.63, 3.8) is 0 Å². The standard InChI is InChI=1S/C22H24N4O6S2/c1-31-22(28)26-18(13-15-5-3-2-4-6-15)20(27)25-19(21-24-11-12-33-21)14-16-7-9-17(10-8-16)34(29,30)32-23/h2-12,18-19H,13-14,23H2,1H3,(H,25,27)(H,26,28)/t18-,19-/m0/s1. The number of nitrogens with one attached hydrogen (secondary N) is 2. The number of methoxy groups -OCH3 is 1. The molecule has 0 radical (unpaired) electrons. The summed E-state index contributed by atoms with van der Waals surface area (Å²) < 4.78 is 32.2. The molecule has 10 nitrogen and oxygen atoms in total. The van der Waals surface area contributed by atoms with Crippen molar-refractivity contribution in [2.75, 3.05) is 7.11 Å². The van der Waals surface area contributed by atoms with Gasteiger partial charge in [0, 0.05) is 18.0 Å². The molecular weight excluding hydrogens is 480 g/mol. The fourth-order valence-electron chi connectivity index (χ4n) is 3.22. The summed E-state index contributed by atoms with van der Waals surface area (Å²) in [5, 5.41) is 7.97. The summed E-state index contributed by atoms with van der Waals surface area (Å²) in [5.41, 5.74) is 1.61. The minimum absolute atomic E-state index is 0.0845. The number of thiazole rings is 1. The molecule has 0 spiro atoms. The fraction of sp³-hybridized carbons (Fsp3) is 0.227. The van der Waals surface area contributed by atoms with E-state index < -0.39 is 34.2 Å². The van der Waals surface area contributed by atoms with Crippen LogP contribution in [0.5, 0.6) is 0 Å². The molecule has 0 saturated carbocycles. The van der Waals surface area contributed by atoms with E-state index >= 15 is 0 Å². The fourth-order valence-corrected chi connectivity index (χ4v) is 4.49. The summed E-state index contributed by atoms with van der Waals surface area (Å²) in [4.78, 5) is 29.3. The van der Waals surface area contributed by atoms with Crippen LogP contribution < -0.4 is 16.5 Å². The molecule has 34 heavy (non-hydrogen) atoms. The molecule has 0 saturated heterocycles. The van der Waals surface area contributed by atoms with Crippen LogP contribution in [0.1, 0.15) is 22.2 Å². The average Bonchev–Trinajstić information content (AvgIpc) is 3.39. The lowest BCUT2D eigenvalue weighted by molar-refractivity contribution is -0.123. The van der Waals surface area contributed by atoms with Crippen molar-refractivity contribution in [1.82, 2.24) is 15.6 Å². The second-order valence-electron chi connectivity index (χ2n) is 7.21. The minimum atomic E-state index is -4.02. The van der Waals surface area contributed by atoms with E-state index in [1.807, 2.05) is 30.3 Å². The lowest BCUT2D eigenvalue weighted by Gasteiger charge is -2.22. The lowest BCUT2D eigenvalue weighted by Crippen LogP contribution is -2.49. The highest BCUT2D eigenvalue weighted by Gasteiger charge is 2.26. The number of hydrogen-bond acceptors (Lipinski definition) is 9. The van der Waals surface area contributed by atoms with Gasteiger partial charge in [0.1, 0.15) is 11.0 Å². The first-order valence-electron chi connectivity index (χ1n) is 10.1. The van der Waals surface area contributed by atoms with Crippen LogP contribution in [-0.2, 0) is 36.8 Å². The summed E-state index contributed by atoms with van der Waals surface area (Å²) in [6, 6.07) is 13.8. The largest absolute Gasteiger partial charge is 0.453 e. The molecule has 3 aromatic rings. The molecule has 0 fully saturated rings. The number of carbonyl (C=O) groups excluding carboxylic acids is 2. The number of nitrogens with two attached hydrogens (primary N) is 1. The maximum Gasteiger partial charge on any atom is 0.407 e. The summed E-state index contributed by atoms with van der Waals surface area (Å²) in [7, 11) is -2.79. The Bertz CT molecular complexity index is 1190. The SMILES string of the molecule is COC(=O)N[C@@H](Cc1ccccc1)C(=O)N[C@@H](Cc1ccc(S(=O)(=O)ON)cc1)c1nccs1. The van der Waals surface area contributed by atoms with Gasteiger partial charge in [0.25, 0.3) is 0 Å². The molecule has 0 aliphatic rings. The van der Waals surface area contributed by atoms with Crippen LogP contribution in [-0.4, -0.2) is 38.6 Å². The third kappa shape index (κ3) is 6.84. The Labute approximate surface area is 201 Å². The second-order valence-corrected chi connectivity index (χ2v) is 9.71. The Hall–Kier alpha value is -3.32. The molecule has 0 bridgehead atoms. The third-order valence-electron chi connectivity index (χ3n) is 4.92. The maximum atomic E-state index is 13.2. The zero-order valence-electron chi connectivity index (χ0n) is 18.2. The normalized spacial score (nSPS) is 13.0. The van der Waals surface area contributed by atoms with Gasteiger partial charge in [-0.05, 0) is 29.7 Å². The lowest BCUT2D eigenvalue weighted by atomic mass is 10.0. The van der Waals surface area contributed by atoms with E-state index in [1.54, 1.807) is 23.7 Å². The Morgan fingerprint density at radius 2 is 1.71 bits per heavy atom.